The van der Waals surface area contributed by atoms with E-state index in [9.17, 15) is 14.3 Å². The molecule has 3 aliphatic rings. The minimum atomic E-state index is -1.56. The molecule has 36 heavy (non-hydrogen) atoms. The van der Waals surface area contributed by atoms with Crippen LogP contribution in [-0.4, -0.2) is 57.2 Å². The highest BCUT2D eigenvalue weighted by molar-refractivity contribution is 6.32. The molecule has 8 heteroatoms. The molecule has 6 nitrogen and oxygen atoms in total. The number of piperidine rings is 1. The summed E-state index contributed by atoms with van der Waals surface area (Å²) in [5.74, 6) is 1.32. The molecular formula is C28H37ClFN3O3. The first-order chi connectivity index (χ1) is 17.3. The molecule has 1 saturated carbocycles. The molecular weight excluding hydrogens is 481 g/mol. The fourth-order valence-electron chi connectivity index (χ4n) is 6.01. The highest BCUT2D eigenvalue weighted by Gasteiger charge is 2.37. The summed E-state index contributed by atoms with van der Waals surface area (Å²) in [4.78, 5) is 15.0. The molecule has 0 atom stereocenters. The summed E-state index contributed by atoms with van der Waals surface area (Å²) < 4.78 is 22.7. The van der Waals surface area contributed by atoms with Crippen LogP contribution in [0, 0.1) is 12.8 Å². The van der Waals surface area contributed by atoms with Gasteiger partial charge in [-0.2, -0.15) is 5.10 Å². The summed E-state index contributed by atoms with van der Waals surface area (Å²) in [6.07, 6.45) is 8.80. The number of aliphatic hydroxyl groups is 1. The molecule has 0 unspecified atom stereocenters. The number of carbonyl (C=O) groups is 1. The van der Waals surface area contributed by atoms with Crippen molar-refractivity contribution in [1.29, 1.82) is 0 Å². The van der Waals surface area contributed by atoms with Crippen molar-refractivity contribution >= 4 is 17.5 Å². The minimum absolute atomic E-state index is 0.0839. The maximum Gasteiger partial charge on any atom is 0.274 e. The van der Waals surface area contributed by atoms with Crippen LogP contribution in [0.2, 0.25) is 5.02 Å². The molecule has 0 bridgehead atoms. The molecule has 2 fully saturated rings. The van der Waals surface area contributed by atoms with E-state index in [0.29, 0.717) is 29.7 Å². The van der Waals surface area contributed by atoms with Crippen LogP contribution in [0.3, 0.4) is 0 Å². The van der Waals surface area contributed by atoms with Gasteiger partial charge in [0.1, 0.15) is 11.4 Å². The highest BCUT2D eigenvalue weighted by atomic mass is 35.5. The van der Waals surface area contributed by atoms with Crippen molar-refractivity contribution in [3.8, 4) is 5.75 Å². The second-order valence-corrected chi connectivity index (χ2v) is 11.3. The number of aliphatic hydroxyl groups excluding tert-OH is 1. The number of ether oxygens (including phenoxy) is 1. The largest absolute Gasteiger partial charge is 0.489 e. The van der Waals surface area contributed by atoms with Crippen LogP contribution >= 0.6 is 11.6 Å². The van der Waals surface area contributed by atoms with Crippen molar-refractivity contribution in [3.05, 3.63) is 45.7 Å². The van der Waals surface area contributed by atoms with Gasteiger partial charge >= 0.3 is 0 Å². The van der Waals surface area contributed by atoms with E-state index in [1.165, 1.54) is 5.69 Å². The topological polar surface area (TPSA) is 67.6 Å². The van der Waals surface area contributed by atoms with E-state index < -0.39 is 12.3 Å². The van der Waals surface area contributed by atoms with Gasteiger partial charge in [0.25, 0.3) is 5.91 Å². The summed E-state index contributed by atoms with van der Waals surface area (Å²) in [5, 5.41) is 14.7. The number of fused-ring (bicyclic) bond motifs is 1. The minimum Gasteiger partial charge on any atom is -0.489 e. The van der Waals surface area contributed by atoms with E-state index in [0.717, 1.165) is 74.8 Å². The smallest absolute Gasteiger partial charge is 0.274 e. The van der Waals surface area contributed by atoms with Crippen molar-refractivity contribution < 1.29 is 19.0 Å². The van der Waals surface area contributed by atoms with Gasteiger partial charge in [-0.1, -0.05) is 17.7 Å². The van der Waals surface area contributed by atoms with Gasteiger partial charge in [-0.3, -0.25) is 9.48 Å². The molecule has 1 aliphatic heterocycles. The van der Waals surface area contributed by atoms with Crippen LogP contribution in [0.25, 0.3) is 0 Å². The lowest BCUT2D eigenvalue weighted by Gasteiger charge is -2.35. The molecule has 0 radical (unpaired) electrons. The normalized spacial score (nSPS) is 23.5. The van der Waals surface area contributed by atoms with Gasteiger partial charge in [0.15, 0.2) is 5.69 Å². The number of halogens is 2. The monoisotopic (exact) mass is 517 g/mol. The first-order valence-corrected chi connectivity index (χ1v) is 13.8. The first-order valence-electron chi connectivity index (χ1n) is 13.5. The summed E-state index contributed by atoms with van der Waals surface area (Å²) in [6, 6.07) is 5.90. The maximum atomic E-state index is 14.4. The van der Waals surface area contributed by atoms with Gasteiger partial charge < -0.3 is 14.7 Å². The lowest BCUT2D eigenvalue weighted by atomic mass is 9.85. The van der Waals surface area contributed by atoms with E-state index in [2.05, 4.69) is 4.68 Å². The summed E-state index contributed by atoms with van der Waals surface area (Å²) >= 11 is 6.31. The molecule has 5 rings (SSSR count). The Morgan fingerprint density at radius 1 is 1.22 bits per heavy atom. The number of hydrogen-bond donors (Lipinski definition) is 1. The predicted octanol–water partition coefficient (Wildman–Crippen LogP) is 5.30. The van der Waals surface area contributed by atoms with Crippen LogP contribution < -0.4 is 4.74 Å². The number of aromatic nitrogens is 2. The Labute approximate surface area is 217 Å². The second-order valence-electron chi connectivity index (χ2n) is 10.9. The summed E-state index contributed by atoms with van der Waals surface area (Å²) in [6.45, 7) is 3.05. The van der Waals surface area contributed by atoms with E-state index in [-0.39, 0.29) is 24.9 Å². The quantitative estimate of drug-likeness (QED) is 0.541. The van der Waals surface area contributed by atoms with Crippen LogP contribution in [0.5, 0.6) is 5.75 Å². The van der Waals surface area contributed by atoms with Crippen molar-refractivity contribution in [2.45, 2.75) is 89.4 Å². The molecule has 1 saturated heterocycles. The molecule has 1 aromatic carbocycles. The average molecular weight is 518 g/mol. The Balaban J connectivity index is 1.16. The summed E-state index contributed by atoms with van der Waals surface area (Å²) in [7, 11) is 0. The molecule has 0 spiro atoms. The zero-order chi connectivity index (χ0) is 25.3. The maximum absolute atomic E-state index is 14.4. The third-order valence-corrected chi connectivity index (χ3v) is 8.68. The molecule has 2 aliphatic carbocycles. The average Bonchev–Trinajstić information content (AvgIpc) is 3.49. The number of likely N-dealkylation sites (tertiary alicyclic amines) is 1. The highest BCUT2D eigenvalue weighted by Crippen LogP contribution is 2.34. The zero-order valence-electron chi connectivity index (χ0n) is 21.1. The van der Waals surface area contributed by atoms with Crippen molar-refractivity contribution in [2.75, 3.05) is 19.7 Å². The van der Waals surface area contributed by atoms with Gasteiger partial charge in [0, 0.05) is 43.7 Å². The van der Waals surface area contributed by atoms with E-state index in [1.807, 2.05) is 25.1 Å². The van der Waals surface area contributed by atoms with Crippen molar-refractivity contribution in [2.24, 2.45) is 5.92 Å². The number of carbonyl (C=O) groups excluding carboxylic acids is 1. The van der Waals surface area contributed by atoms with Crippen LogP contribution in [0.4, 0.5) is 4.39 Å². The third kappa shape index (κ3) is 5.42. The molecule has 1 amide bonds. The number of aryl methyl sites for hydroxylation is 2. The van der Waals surface area contributed by atoms with E-state index in [1.54, 1.807) is 4.90 Å². The Bertz CT molecular complexity index is 1090. The lowest BCUT2D eigenvalue weighted by molar-refractivity contribution is 0.00965. The number of hydrogen-bond acceptors (Lipinski definition) is 4. The molecule has 2 heterocycles. The number of alkyl halides is 1. The SMILES string of the molecule is Cc1ccc(Cl)c(OC2CCC(CCn3nc(C(=O)N4CCC(F)(CO)CC4)c4c3CCC4)CC2)c1. The Morgan fingerprint density at radius 3 is 2.69 bits per heavy atom. The van der Waals surface area contributed by atoms with Crippen molar-refractivity contribution in [1.82, 2.24) is 14.7 Å². The van der Waals surface area contributed by atoms with Crippen LogP contribution in [0.1, 0.15) is 78.7 Å². The number of benzene rings is 1. The fourth-order valence-corrected chi connectivity index (χ4v) is 6.17. The summed E-state index contributed by atoms with van der Waals surface area (Å²) in [5.41, 5.74) is 2.44. The Morgan fingerprint density at radius 2 is 1.97 bits per heavy atom. The van der Waals surface area contributed by atoms with Gasteiger partial charge in [-0.15, -0.1) is 0 Å². The van der Waals surface area contributed by atoms with E-state index >= 15 is 0 Å². The number of nitrogens with zero attached hydrogens (tertiary/aromatic N) is 3. The Hall–Kier alpha value is -2.12. The van der Waals surface area contributed by atoms with E-state index in [4.69, 9.17) is 21.4 Å². The van der Waals surface area contributed by atoms with Crippen LogP contribution in [0.15, 0.2) is 18.2 Å². The zero-order valence-corrected chi connectivity index (χ0v) is 21.9. The number of amides is 1. The van der Waals surface area contributed by atoms with Gasteiger partial charge in [-0.05, 0) is 81.9 Å². The molecule has 196 valence electrons. The van der Waals surface area contributed by atoms with Gasteiger partial charge in [0.05, 0.1) is 17.7 Å². The fraction of sp³-hybridized carbons (Fsp3) is 0.643. The van der Waals surface area contributed by atoms with Gasteiger partial charge in [-0.25, -0.2) is 4.39 Å². The van der Waals surface area contributed by atoms with Crippen LogP contribution in [-0.2, 0) is 19.4 Å². The molecule has 1 aromatic heterocycles. The van der Waals surface area contributed by atoms with Gasteiger partial charge in [0.2, 0.25) is 0 Å². The molecule has 2 aromatic rings. The molecule has 1 N–H and O–H groups in total. The Kier molecular flexibility index (Phi) is 7.59. The second kappa shape index (κ2) is 10.7. The predicted molar refractivity (Wildman–Crippen MR) is 137 cm³/mol. The van der Waals surface area contributed by atoms with Crippen molar-refractivity contribution in [3.63, 3.8) is 0 Å². The first kappa shape index (κ1) is 25.5. The number of rotatable bonds is 7. The lowest BCUT2D eigenvalue weighted by Crippen LogP contribution is -2.46. The standard InChI is InChI=1S/C28H37ClFN3O3/c1-19-5-10-23(29)25(17-19)36-21-8-6-20(7-9-21)11-14-33-24-4-2-3-22(24)26(31-33)27(35)32-15-12-28(30,18-34)13-16-32/h5,10,17,20-21,34H,2-4,6-9,11-16,18H2,1H3. The third-order valence-electron chi connectivity index (χ3n) is 8.36.